The number of carbonyl (C=O) groups excluding carboxylic acids is 2. The van der Waals surface area contributed by atoms with Gasteiger partial charge >= 0.3 is 5.97 Å². The first kappa shape index (κ1) is 19.4. The zero-order valence-corrected chi connectivity index (χ0v) is 17.2. The van der Waals surface area contributed by atoms with Gasteiger partial charge < -0.3 is 9.30 Å². The van der Waals surface area contributed by atoms with Crippen LogP contribution in [0.3, 0.4) is 0 Å². The van der Waals surface area contributed by atoms with Crippen molar-refractivity contribution in [2.75, 3.05) is 13.7 Å². The van der Waals surface area contributed by atoms with Crippen molar-refractivity contribution in [2.45, 2.75) is 20.8 Å². The van der Waals surface area contributed by atoms with Crippen molar-refractivity contribution in [3.05, 3.63) is 57.8 Å². The highest BCUT2D eigenvalue weighted by molar-refractivity contribution is 8.26. The number of hydrogen-bond donors (Lipinski definition) is 0. The Kier molecular flexibility index (Phi) is 5.53. The third-order valence-corrected chi connectivity index (χ3v) is 5.87. The van der Waals surface area contributed by atoms with E-state index >= 15 is 0 Å². The first-order chi connectivity index (χ1) is 12.9. The zero-order valence-electron chi connectivity index (χ0n) is 15.6. The van der Waals surface area contributed by atoms with Crippen LogP contribution in [0.4, 0.5) is 0 Å². The van der Waals surface area contributed by atoms with E-state index in [9.17, 15) is 9.59 Å². The predicted octanol–water partition coefficient (Wildman–Crippen LogP) is 4.10. The lowest BCUT2D eigenvalue weighted by molar-refractivity contribution is -0.121. The molecule has 1 aromatic carbocycles. The molecule has 0 spiro atoms. The second-order valence-electron chi connectivity index (χ2n) is 6.13. The first-order valence-corrected chi connectivity index (χ1v) is 9.73. The summed E-state index contributed by atoms with van der Waals surface area (Å²) >= 11 is 6.61. The molecule has 3 rings (SSSR count). The van der Waals surface area contributed by atoms with Crippen molar-refractivity contribution in [3.63, 3.8) is 0 Å². The number of hydrogen-bond acceptors (Lipinski definition) is 5. The topological polar surface area (TPSA) is 51.5 Å². The monoisotopic (exact) mass is 400 g/mol. The molecule has 140 valence electrons. The van der Waals surface area contributed by atoms with Crippen LogP contribution in [-0.4, -0.2) is 39.3 Å². The number of thiocarbonyl (C=S) groups is 1. The summed E-state index contributed by atoms with van der Waals surface area (Å²) in [6, 6.07) is 9.29. The Morgan fingerprint density at radius 2 is 1.93 bits per heavy atom. The average Bonchev–Trinajstić information content (AvgIpc) is 3.09. The maximum atomic E-state index is 12.5. The summed E-state index contributed by atoms with van der Waals surface area (Å²) in [5.74, 6) is -0.402. The molecule has 2 heterocycles. The molecule has 0 saturated carbocycles. The van der Waals surface area contributed by atoms with E-state index < -0.39 is 0 Å². The van der Waals surface area contributed by atoms with Crippen molar-refractivity contribution in [1.82, 2.24) is 9.47 Å². The number of amides is 1. The van der Waals surface area contributed by atoms with Crippen LogP contribution in [0.15, 0.2) is 35.2 Å². The molecule has 0 unspecified atom stereocenters. The molecular weight excluding hydrogens is 380 g/mol. The summed E-state index contributed by atoms with van der Waals surface area (Å²) in [5, 5.41) is 0. The third-order valence-electron chi connectivity index (χ3n) is 4.49. The van der Waals surface area contributed by atoms with Gasteiger partial charge in [-0.25, -0.2) is 4.79 Å². The lowest BCUT2D eigenvalue weighted by Crippen LogP contribution is -2.27. The zero-order chi connectivity index (χ0) is 19.7. The summed E-state index contributed by atoms with van der Waals surface area (Å²) in [7, 11) is 1.37. The quantitative estimate of drug-likeness (QED) is 0.439. The first-order valence-electron chi connectivity index (χ1n) is 8.50. The maximum Gasteiger partial charge on any atom is 0.337 e. The van der Waals surface area contributed by atoms with Gasteiger partial charge in [0.25, 0.3) is 5.91 Å². The van der Waals surface area contributed by atoms with E-state index in [4.69, 9.17) is 17.0 Å². The molecule has 1 fully saturated rings. The summed E-state index contributed by atoms with van der Waals surface area (Å²) < 4.78 is 7.43. The number of methoxy groups -OCH3 is 1. The Morgan fingerprint density at radius 1 is 1.26 bits per heavy atom. The molecule has 1 amide bonds. The fourth-order valence-electron chi connectivity index (χ4n) is 3.11. The van der Waals surface area contributed by atoms with Gasteiger partial charge in [-0.1, -0.05) is 24.0 Å². The number of likely N-dealkylation sites (N-methyl/N-ethyl adjacent to an activating group) is 1. The van der Waals surface area contributed by atoms with Crippen molar-refractivity contribution in [1.29, 1.82) is 0 Å². The second kappa shape index (κ2) is 7.70. The van der Waals surface area contributed by atoms with Crippen LogP contribution in [0, 0.1) is 13.8 Å². The molecule has 1 saturated heterocycles. The van der Waals surface area contributed by atoms with Crippen LogP contribution in [0.1, 0.15) is 34.2 Å². The fraction of sp³-hybridized carbons (Fsp3) is 0.250. The van der Waals surface area contributed by atoms with Crippen LogP contribution in [-0.2, 0) is 9.53 Å². The van der Waals surface area contributed by atoms with E-state index in [1.54, 1.807) is 17.0 Å². The smallest absolute Gasteiger partial charge is 0.337 e. The Bertz CT molecular complexity index is 958. The van der Waals surface area contributed by atoms with E-state index in [0.29, 0.717) is 21.3 Å². The maximum absolute atomic E-state index is 12.5. The van der Waals surface area contributed by atoms with Crippen molar-refractivity contribution in [3.8, 4) is 5.69 Å². The lowest BCUT2D eigenvalue weighted by Gasteiger charge is -2.10. The molecule has 0 bridgehead atoms. The Balaban J connectivity index is 1.96. The highest BCUT2D eigenvalue weighted by Crippen LogP contribution is 2.33. The van der Waals surface area contributed by atoms with Gasteiger partial charge in [-0.15, -0.1) is 0 Å². The fourth-order valence-corrected chi connectivity index (χ4v) is 4.48. The normalized spacial score (nSPS) is 15.7. The van der Waals surface area contributed by atoms with Gasteiger partial charge in [0, 0.05) is 23.6 Å². The van der Waals surface area contributed by atoms with Gasteiger partial charge in [-0.3, -0.25) is 9.69 Å². The van der Waals surface area contributed by atoms with Gasteiger partial charge in [0.1, 0.15) is 4.32 Å². The molecule has 0 N–H and O–H groups in total. The minimum absolute atomic E-state index is 0.0419. The molecule has 0 aliphatic carbocycles. The second-order valence-corrected chi connectivity index (χ2v) is 7.80. The molecule has 5 nitrogen and oxygen atoms in total. The van der Waals surface area contributed by atoms with Crippen LogP contribution in [0.5, 0.6) is 0 Å². The number of nitrogens with zero attached hydrogens (tertiary/aromatic N) is 2. The predicted molar refractivity (Wildman–Crippen MR) is 112 cm³/mol. The number of esters is 1. The summed E-state index contributed by atoms with van der Waals surface area (Å²) in [5.41, 5.74) is 4.47. The highest BCUT2D eigenvalue weighted by Gasteiger charge is 2.30. The van der Waals surface area contributed by atoms with Crippen molar-refractivity contribution >= 4 is 46.3 Å². The number of carbonyl (C=O) groups is 2. The van der Waals surface area contributed by atoms with Crippen LogP contribution < -0.4 is 0 Å². The van der Waals surface area contributed by atoms with E-state index in [-0.39, 0.29) is 11.9 Å². The molecule has 0 atom stereocenters. The van der Waals surface area contributed by atoms with Gasteiger partial charge in [-0.05, 0) is 62.7 Å². The van der Waals surface area contributed by atoms with Crippen LogP contribution >= 0.6 is 24.0 Å². The minimum Gasteiger partial charge on any atom is -0.465 e. The summed E-state index contributed by atoms with van der Waals surface area (Å²) in [4.78, 5) is 26.3. The number of benzene rings is 1. The Labute approximate surface area is 168 Å². The Hall–Kier alpha value is -2.38. The third kappa shape index (κ3) is 3.57. The van der Waals surface area contributed by atoms with E-state index in [1.165, 1.54) is 18.9 Å². The average molecular weight is 401 g/mol. The van der Waals surface area contributed by atoms with Crippen LogP contribution in [0.2, 0.25) is 0 Å². The van der Waals surface area contributed by atoms with Crippen molar-refractivity contribution in [2.24, 2.45) is 0 Å². The van der Waals surface area contributed by atoms with Gasteiger partial charge in [0.15, 0.2) is 0 Å². The number of rotatable bonds is 4. The van der Waals surface area contributed by atoms with Gasteiger partial charge in [0.2, 0.25) is 0 Å². The Morgan fingerprint density at radius 3 is 2.48 bits per heavy atom. The number of ether oxygens (including phenoxy) is 1. The molecule has 1 aromatic heterocycles. The number of thioether (sulfide) groups is 1. The van der Waals surface area contributed by atoms with Crippen LogP contribution in [0.25, 0.3) is 11.8 Å². The van der Waals surface area contributed by atoms with Crippen molar-refractivity contribution < 1.29 is 14.3 Å². The molecule has 0 radical (unpaired) electrons. The van der Waals surface area contributed by atoms with Gasteiger partial charge in [-0.2, -0.15) is 0 Å². The summed E-state index contributed by atoms with van der Waals surface area (Å²) in [6.45, 7) is 6.51. The molecule has 2 aromatic rings. The largest absolute Gasteiger partial charge is 0.465 e. The molecule has 1 aliphatic rings. The molecular formula is C20H20N2O3S2. The van der Waals surface area contributed by atoms with E-state index in [0.717, 1.165) is 22.6 Å². The van der Waals surface area contributed by atoms with E-state index in [2.05, 4.69) is 4.57 Å². The SMILES string of the molecule is CCN1C(=O)/C(=C/c2cc(C)n(-c3ccc(C(=O)OC)cc3)c2C)SC1=S. The lowest BCUT2D eigenvalue weighted by atomic mass is 10.2. The highest BCUT2D eigenvalue weighted by atomic mass is 32.2. The molecule has 27 heavy (non-hydrogen) atoms. The minimum atomic E-state index is -0.360. The molecule has 7 heteroatoms. The van der Waals surface area contributed by atoms with Gasteiger partial charge in [0.05, 0.1) is 17.6 Å². The number of aromatic nitrogens is 1. The number of aryl methyl sites for hydroxylation is 1. The summed E-state index contributed by atoms with van der Waals surface area (Å²) in [6.07, 6.45) is 1.90. The molecule has 1 aliphatic heterocycles. The van der Waals surface area contributed by atoms with E-state index in [1.807, 2.05) is 45.0 Å². The standard InChI is InChI=1S/C20H20N2O3S2/c1-5-21-18(23)17(27-20(21)26)11-15-10-12(2)22(13(15)3)16-8-6-14(7-9-16)19(24)25-4/h6-11H,5H2,1-4H3/b17-11-.